The van der Waals surface area contributed by atoms with Crippen LogP contribution in [0.1, 0.15) is 11.3 Å². The van der Waals surface area contributed by atoms with Crippen LogP contribution < -0.4 is 10.0 Å². The molecular formula is C17H13N3O5S. The number of aromatic nitrogens is 1. The lowest BCUT2D eigenvalue weighted by Gasteiger charge is -2.22. The first-order chi connectivity index (χ1) is 12.4. The molecule has 132 valence electrons. The van der Waals surface area contributed by atoms with Crippen LogP contribution in [-0.2, 0) is 14.8 Å². The molecule has 26 heavy (non-hydrogen) atoms. The van der Waals surface area contributed by atoms with Crippen LogP contribution in [0.2, 0.25) is 0 Å². The number of benzene rings is 2. The summed E-state index contributed by atoms with van der Waals surface area (Å²) in [6.07, 6.45) is 0. The van der Waals surface area contributed by atoms with E-state index in [1.807, 2.05) is 0 Å². The Kier molecular flexibility index (Phi) is 3.48. The van der Waals surface area contributed by atoms with Gasteiger partial charge in [0.25, 0.3) is 15.9 Å². The van der Waals surface area contributed by atoms with Crippen LogP contribution in [0.25, 0.3) is 16.5 Å². The molecular weight excluding hydrogens is 358 g/mol. The van der Waals surface area contributed by atoms with Crippen LogP contribution >= 0.6 is 0 Å². The van der Waals surface area contributed by atoms with Gasteiger partial charge in [-0.15, -0.1) is 0 Å². The van der Waals surface area contributed by atoms with E-state index in [0.717, 1.165) is 0 Å². The Morgan fingerprint density at radius 2 is 2.00 bits per heavy atom. The van der Waals surface area contributed by atoms with Gasteiger partial charge in [-0.1, -0.05) is 35.5 Å². The highest BCUT2D eigenvalue weighted by atomic mass is 32.2. The maximum absolute atomic E-state index is 12.7. The predicted molar refractivity (Wildman–Crippen MR) is 93.7 cm³/mol. The van der Waals surface area contributed by atoms with E-state index >= 15 is 0 Å². The Morgan fingerprint density at radius 1 is 1.23 bits per heavy atom. The molecule has 1 aliphatic rings. The van der Waals surface area contributed by atoms with E-state index in [-0.39, 0.29) is 16.3 Å². The van der Waals surface area contributed by atoms with Gasteiger partial charge in [-0.2, -0.15) is 0 Å². The van der Waals surface area contributed by atoms with Crippen molar-refractivity contribution in [2.24, 2.45) is 0 Å². The molecule has 2 heterocycles. The van der Waals surface area contributed by atoms with Crippen LogP contribution in [0.5, 0.6) is 0 Å². The Labute approximate surface area is 148 Å². The number of aliphatic hydroxyl groups excluding tert-OH is 1. The minimum Gasteiger partial charge on any atom is -0.505 e. The van der Waals surface area contributed by atoms with Gasteiger partial charge in [-0.05, 0) is 18.4 Å². The number of rotatable bonds is 2. The van der Waals surface area contributed by atoms with Crippen molar-refractivity contribution in [2.75, 3.05) is 5.32 Å². The van der Waals surface area contributed by atoms with E-state index in [1.165, 1.54) is 12.1 Å². The largest absolute Gasteiger partial charge is 0.505 e. The van der Waals surface area contributed by atoms with Gasteiger partial charge in [-0.25, -0.2) is 8.42 Å². The number of fused-ring (bicyclic) bond motifs is 3. The molecule has 0 fully saturated rings. The van der Waals surface area contributed by atoms with Crippen molar-refractivity contribution in [2.45, 2.75) is 11.8 Å². The first-order valence-electron chi connectivity index (χ1n) is 7.60. The zero-order valence-corrected chi connectivity index (χ0v) is 14.3. The molecule has 0 spiro atoms. The van der Waals surface area contributed by atoms with Crippen LogP contribution in [-0.4, -0.2) is 24.6 Å². The summed E-state index contributed by atoms with van der Waals surface area (Å²) in [4.78, 5) is 12.3. The third-order valence-corrected chi connectivity index (χ3v) is 5.42. The standard InChI is InChI=1S/C17H13N3O5S/c1-9-8-13(19-25-9)18-17(22)14-15(21)12-7-6-10-4-2-3-5-11(10)16(12)26(23,24)20-14/h2-8,20-21H,1H3,(H,18,19,22). The maximum atomic E-state index is 12.7. The number of hydrogen-bond acceptors (Lipinski definition) is 6. The van der Waals surface area contributed by atoms with Crippen molar-refractivity contribution >= 4 is 38.3 Å². The summed E-state index contributed by atoms with van der Waals surface area (Å²) in [5, 5.41) is 17.7. The van der Waals surface area contributed by atoms with Crippen molar-refractivity contribution in [1.82, 2.24) is 9.88 Å². The molecule has 2 aromatic carbocycles. The number of carbonyl (C=O) groups excluding carboxylic acids is 1. The van der Waals surface area contributed by atoms with Crippen LogP contribution in [0, 0.1) is 6.92 Å². The van der Waals surface area contributed by atoms with Crippen molar-refractivity contribution in [3.63, 3.8) is 0 Å². The number of aryl methyl sites for hydroxylation is 1. The van der Waals surface area contributed by atoms with Crippen molar-refractivity contribution < 1.29 is 22.8 Å². The normalized spacial score (nSPS) is 15.4. The highest BCUT2D eigenvalue weighted by molar-refractivity contribution is 7.90. The molecule has 8 nitrogen and oxygen atoms in total. The van der Waals surface area contributed by atoms with Crippen LogP contribution in [0.3, 0.4) is 0 Å². The van der Waals surface area contributed by atoms with Crippen molar-refractivity contribution in [1.29, 1.82) is 0 Å². The number of anilines is 1. The monoisotopic (exact) mass is 371 g/mol. The number of hydrogen-bond donors (Lipinski definition) is 3. The fourth-order valence-corrected chi connectivity index (χ4v) is 4.34. The first kappa shape index (κ1) is 16.2. The number of carbonyl (C=O) groups is 1. The predicted octanol–water partition coefficient (Wildman–Crippen LogP) is 2.29. The number of amides is 1. The SMILES string of the molecule is Cc1cc(NC(=O)C2=C(O)c3ccc4ccccc4c3S(=O)(=O)N2)no1. The zero-order chi connectivity index (χ0) is 18.5. The number of aliphatic hydroxyl groups is 1. The van der Waals surface area contributed by atoms with Gasteiger partial charge in [0.1, 0.15) is 10.7 Å². The van der Waals surface area contributed by atoms with Crippen molar-refractivity contribution in [3.05, 3.63) is 59.5 Å². The number of nitrogens with zero attached hydrogens (tertiary/aromatic N) is 1. The molecule has 3 N–H and O–H groups in total. The molecule has 0 saturated heterocycles. The lowest BCUT2D eigenvalue weighted by molar-refractivity contribution is -0.113. The number of nitrogens with one attached hydrogen (secondary N) is 2. The highest BCUT2D eigenvalue weighted by Gasteiger charge is 2.34. The second-order valence-electron chi connectivity index (χ2n) is 5.77. The summed E-state index contributed by atoms with van der Waals surface area (Å²) >= 11 is 0. The Balaban J connectivity index is 1.85. The smallest absolute Gasteiger partial charge is 0.277 e. The van der Waals surface area contributed by atoms with Gasteiger partial charge >= 0.3 is 0 Å². The summed E-state index contributed by atoms with van der Waals surface area (Å²) in [5.41, 5.74) is -0.419. The van der Waals surface area contributed by atoms with Crippen LogP contribution in [0.4, 0.5) is 5.82 Å². The van der Waals surface area contributed by atoms with E-state index in [2.05, 4.69) is 15.2 Å². The summed E-state index contributed by atoms with van der Waals surface area (Å²) < 4.78 is 32.5. The topological polar surface area (TPSA) is 122 Å². The molecule has 1 amide bonds. The lowest BCUT2D eigenvalue weighted by Crippen LogP contribution is -2.35. The van der Waals surface area contributed by atoms with E-state index in [4.69, 9.17) is 4.52 Å². The Morgan fingerprint density at radius 3 is 2.73 bits per heavy atom. The summed E-state index contributed by atoms with van der Waals surface area (Å²) in [6.45, 7) is 1.64. The molecule has 0 aliphatic carbocycles. The van der Waals surface area contributed by atoms with Gasteiger partial charge < -0.3 is 14.9 Å². The molecule has 4 rings (SSSR count). The maximum Gasteiger partial charge on any atom is 0.277 e. The third kappa shape index (κ3) is 2.49. The minimum atomic E-state index is -4.06. The molecule has 0 atom stereocenters. The molecule has 9 heteroatoms. The van der Waals surface area contributed by atoms with Gasteiger partial charge in [0.15, 0.2) is 17.3 Å². The molecule has 0 saturated carbocycles. The van der Waals surface area contributed by atoms with Gasteiger partial charge in [0.05, 0.1) is 0 Å². The average molecular weight is 371 g/mol. The molecule has 3 aromatic rings. The third-order valence-electron chi connectivity index (χ3n) is 3.97. The fraction of sp³-hybridized carbons (Fsp3) is 0.0588. The van der Waals surface area contributed by atoms with E-state index < -0.39 is 27.4 Å². The Bertz CT molecular complexity index is 1190. The number of sulfonamides is 1. The molecule has 1 aromatic heterocycles. The quantitative estimate of drug-likeness (QED) is 0.635. The van der Waals surface area contributed by atoms with Crippen LogP contribution in [0.15, 0.2) is 57.6 Å². The molecule has 1 aliphatic heterocycles. The first-order valence-corrected chi connectivity index (χ1v) is 9.08. The molecule has 0 radical (unpaired) electrons. The van der Waals surface area contributed by atoms with E-state index in [9.17, 15) is 18.3 Å². The molecule has 0 bridgehead atoms. The zero-order valence-electron chi connectivity index (χ0n) is 13.5. The van der Waals surface area contributed by atoms with Gasteiger partial charge in [0.2, 0.25) is 0 Å². The van der Waals surface area contributed by atoms with E-state index in [1.54, 1.807) is 37.3 Å². The summed E-state index contributed by atoms with van der Waals surface area (Å²) in [5.74, 6) is -0.729. The summed E-state index contributed by atoms with van der Waals surface area (Å²) in [7, 11) is -4.06. The highest BCUT2D eigenvalue weighted by Crippen LogP contribution is 2.35. The lowest BCUT2D eigenvalue weighted by atomic mass is 10.0. The average Bonchev–Trinajstić information content (AvgIpc) is 3.02. The Hall–Kier alpha value is -3.33. The second kappa shape index (κ2) is 5.60. The minimum absolute atomic E-state index is 0.0592. The summed E-state index contributed by atoms with van der Waals surface area (Å²) in [6, 6.07) is 11.5. The van der Waals surface area contributed by atoms with Gasteiger partial charge in [-0.3, -0.25) is 9.52 Å². The van der Waals surface area contributed by atoms with Gasteiger partial charge in [0, 0.05) is 17.0 Å². The molecule has 0 unspecified atom stereocenters. The second-order valence-corrected chi connectivity index (χ2v) is 7.39. The van der Waals surface area contributed by atoms with E-state index in [0.29, 0.717) is 16.5 Å². The van der Waals surface area contributed by atoms with Crippen molar-refractivity contribution in [3.8, 4) is 0 Å². The fourth-order valence-electron chi connectivity index (χ4n) is 2.85.